The van der Waals surface area contributed by atoms with Gasteiger partial charge in [-0.1, -0.05) is 29.8 Å². The number of benzene rings is 2. The minimum atomic E-state index is -0.928. The summed E-state index contributed by atoms with van der Waals surface area (Å²) in [5, 5.41) is 12.1. The van der Waals surface area contributed by atoms with Gasteiger partial charge in [-0.05, 0) is 50.3 Å². The average molecular weight is 845 g/mol. The van der Waals surface area contributed by atoms with Gasteiger partial charge in [0.1, 0.15) is 5.75 Å². The van der Waals surface area contributed by atoms with Crippen molar-refractivity contribution in [2.24, 2.45) is 0 Å². The number of aryl methyl sites for hydroxylation is 1. The van der Waals surface area contributed by atoms with E-state index in [1.165, 1.54) is 26.6 Å². The van der Waals surface area contributed by atoms with Crippen LogP contribution in [0.2, 0.25) is 0 Å². The topological polar surface area (TPSA) is 210 Å². The zero-order chi connectivity index (χ0) is 43.2. The minimum Gasteiger partial charge on any atom is -0.493 e. The van der Waals surface area contributed by atoms with Crippen molar-refractivity contribution in [2.75, 3.05) is 52.6 Å². The zero-order valence-electron chi connectivity index (χ0n) is 34.4. The van der Waals surface area contributed by atoms with Crippen LogP contribution in [0.3, 0.4) is 0 Å². The SMILES string of the molecule is COc1cc2nccc(Oc3cnc(NC(=O)c4nn(C5CCOCC5)cc(CCOC(=O)c5nn(C6CCOCC6)cc(-c6ccc(C)cc6)c5=O)c4=O)nc3)c2cc1OC. The largest absolute Gasteiger partial charge is 0.493 e. The molecule has 18 nitrogen and oxygen atoms in total. The highest BCUT2D eigenvalue weighted by Crippen LogP contribution is 2.37. The van der Waals surface area contributed by atoms with Crippen LogP contribution in [0.4, 0.5) is 5.95 Å². The summed E-state index contributed by atoms with van der Waals surface area (Å²) in [4.78, 5) is 67.8. The first kappa shape index (κ1) is 41.7. The molecule has 320 valence electrons. The molecular weight excluding hydrogens is 801 g/mol. The normalized spacial score (nSPS) is 14.6. The number of fused-ring (bicyclic) bond motifs is 1. The summed E-state index contributed by atoms with van der Waals surface area (Å²) in [5.74, 6) is -0.132. The van der Waals surface area contributed by atoms with E-state index in [1.807, 2.05) is 31.2 Å². The summed E-state index contributed by atoms with van der Waals surface area (Å²) < 4.78 is 36.8. The lowest BCUT2D eigenvalue weighted by Gasteiger charge is -2.25. The molecule has 0 spiro atoms. The highest BCUT2D eigenvalue weighted by Gasteiger charge is 2.26. The molecule has 1 N–H and O–H groups in total. The Labute approximate surface area is 354 Å². The van der Waals surface area contributed by atoms with Crippen LogP contribution in [0.5, 0.6) is 23.0 Å². The third kappa shape index (κ3) is 9.15. The molecule has 2 aliphatic heterocycles. The highest BCUT2D eigenvalue weighted by molar-refractivity contribution is 6.01. The number of hydrogen-bond donors (Lipinski definition) is 1. The van der Waals surface area contributed by atoms with Crippen LogP contribution >= 0.6 is 0 Å². The van der Waals surface area contributed by atoms with Crippen molar-refractivity contribution in [1.82, 2.24) is 34.5 Å². The van der Waals surface area contributed by atoms with Crippen molar-refractivity contribution in [2.45, 2.75) is 51.1 Å². The number of rotatable bonds is 13. The van der Waals surface area contributed by atoms with Gasteiger partial charge >= 0.3 is 5.97 Å². The number of amides is 1. The average Bonchev–Trinajstić information content (AvgIpc) is 3.30. The molecule has 0 saturated carbocycles. The Balaban J connectivity index is 1.00. The van der Waals surface area contributed by atoms with Crippen molar-refractivity contribution < 1.29 is 38.0 Å². The summed E-state index contributed by atoms with van der Waals surface area (Å²) in [7, 11) is 3.07. The number of pyridine rings is 1. The number of esters is 1. The molecule has 4 aromatic heterocycles. The van der Waals surface area contributed by atoms with Crippen molar-refractivity contribution in [3.8, 4) is 34.1 Å². The molecule has 62 heavy (non-hydrogen) atoms. The van der Waals surface area contributed by atoms with E-state index in [0.29, 0.717) is 91.4 Å². The molecular formula is C44H44N8O10. The molecule has 0 radical (unpaired) electrons. The lowest BCUT2D eigenvalue weighted by atomic mass is 10.0. The fraction of sp³-hybridized carbons (Fsp3) is 0.341. The van der Waals surface area contributed by atoms with Crippen LogP contribution in [0, 0.1) is 6.92 Å². The minimum absolute atomic E-state index is 0.0761. The molecule has 18 heteroatoms. The second kappa shape index (κ2) is 18.7. The predicted octanol–water partition coefficient (Wildman–Crippen LogP) is 5.28. The zero-order valence-corrected chi connectivity index (χ0v) is 34.4. The molecule has 6 aromatic rings. The molecule has 2 aliphatic rings. The third-order valence-electron chi connectivity index (χ3n) is 10.7. The van der Waals surface area contributed by atoms with Crippen LogP contribution in [0.15, 0.2) is 83.0 Å². The van der Waals surface area contributed by atoms with E-state index in [2.05, 4.69) is 30.5 Å². The Kier molecular flexibility index (Phi) is 12.6. The number of carbonyl (C=O) groups is 2. The summed E-state index contributed by atoms with van der Waals surface area (Å²) in [5.41, 5.74) is 0.770. The van der Waals surface area contributed by atoms with Gasteiger partial charge in [0, 0.05) is 74.0 Å². The van der Waals surface area contributed by atoms with E-state index >= 15 is 0 Å². The number of carbonyl (C=O) groups excluding carboxylic acids is 2. The number of nitrogens with one attached hydrogen (secondary N) is 1. The van der Waals surface area contributed by atoms with E-state index in [1.54, 1.807) is 46.2 Å². The van der Waals surface area contributed by atoms with Gasteiger partial charge in [-0.25, -0.2) is 14.8 Å². The number of ether oxygens (including phenoxy) is 6. The molecule has 2 fully saturated rings. The first-order chi connectivity index (χ1) is 30.2. The van der Waals surface area contributed by atoms with Gasteiger partial charge in [0.25, 0.3) is 5.91 Å². The van der Waals surface area contributed by atoms with Crippen molar-refractivity contribution in [1.29, 1.82) is 0 Å². The lowest BCUT2D eigenvalue weighted by Crippen LogP contribution is -2.32. The molecule has 0 atom stereocenters. The Morgan fingerprint density at radius 3 is 2.06 bits per heavy atom. The monoisotopic (exact) mass is 844 g/mol. The van der Waals surface area contributed by atoms with Crippen LogP contribution in [-0.2, 0) is 20.6 Å². The lowest BCUT2D eigenvalue weighted by molar-refractivity contribution is 0.0487. The van der Waals surface area contributed by atoms with Crippen LogP contribution in [-0.4, -0.2) is 93.6 Å². The van der Waals surface area contributed by atoms with Gasteiger partial charge in [-0.2, -0.15) is 10.2 Å². The molecule has 0 aliphatic carbocycles. The first-order valence-corrected chi connectivity index (χ1v) is 20.2. The maximum atomic E-state index is 13.9. The third-order valence-corrected chi connectivity index (χ3v) is 10.7. The molecule has 2 aromatic carbocycles. The van der Waals surface area contributed by atoms with E-state index in [0.717, 1.165) is 5.56 Å². The van der Waals surface area contributed by atoms with E-state index in [4.69, 9.17) is 28.4 Å². The van der Waals surface area contributed by atoms with Crippen molar-refractivity contribution in [3.63, 3.8) is 0 Å². The molecule has 1 amide bonds. The van der Waals surface area contributed by atoms with Gasteiger partial charge in [0.2, 0.25) is 22.5 Å². The molecule has 8 rings (SSSR count). The molecule has 0 unspecified atom stereocenters. The van der Waals surface area contributed by atoms with Gasteiger partial charge in [-0.3, -0.25) is 34.0 Å². The Hall–Kier alpha value is -7.05. The Bertz CT molecular complexity index is 2710. The number of methoxy groups -OCH3 is 2. The first-order valence-electron chi connectivity index (χ1n) is 20.2. The Morgan fingerprint density at radius 1 is 0.774 bits per heavy atom. The number of hydrogen-bond acceptors (Lipinski definition) is 15. The van der Waals surface area contributed by atoms with Crippen LogP contribution < -0.4 is 30.4 Å². The van der Waals surface area contributed by atoms with Crippen LogP contribution in [0.1, 0.15) is 69.9 Å². The summed E-state index contributed by atoms with van der Waals surface area (Å²) in [6, 6.07) is 12.4. The van der Waals surface area contributed by atoms with Gasteiger partial charge in [-0.15, -0.1) is 0 Å². The van der Waals surface area contributed by atoms with E-state index in [9.17, 15) is 19.2 Å². The van der Waals surface area contributed by atoms with Crippen LogP contribution in [0.25, 0.3) is 22.0 Å². The summed E-state index contributed by atoms with van der Waals surface area (Å²) >= 11 is 0. The molecule has 6 heterocycles. The second-order valence-corrected chi connectivity index (χ2v) is 14.8. The highest BCUT2D eigenvalue weighted by atomic mass is 16.5. The predicted molar refractivity (Wildman–Crippen MR) is 224 cm³/mol. The number of anilines is 1. The number of aromatic nitrogens is 7. The standard InChI is InChI=1S/C44H44N8O10/c1-26-4-6-27(7-5-26)33-25-52(30-12-17-60-18-13-30)50-39(41(33)54)43(56)61-19-9-28-24-51(29-10-15-59-16-11-29)49-38(40(28)53)42(55)48-44-46-22-31(23-47-44)62-35-8-14-45-34-21-37(58-3)36(57-2)20-32(34)35/h4-8,14,20-25,29-30H,9-13,15-19H2,1-3H3,(H,46,47,48,55). The fourth-order valence-corrected chi connectivity index (χ4v) is 7.32. The van der Waals surface area contributed by atoms with Crippen molar-refractivity contribution >= 4 is 28.7 Å². The quantitative estimate of drug-likeness (QED) is 0.147. The fourth-order valence-electron chi connectivity index (χ4n) is 7.32. The van der Waals surface area contributed by atoms with E-state index < -0.39 is 28.4 Å². The van der Waals surface area contributed by atoms with Crippen molar-refractivity contribution in [3.05, 3.63) is 116 Å². The molecule has 0 bridgehead atoms. The maximum Gasteiger partial charge on any atom is 0.362 e. The van der Waals surface area contributed by atoms with Gasteiger partial charge in [0.05, 0.1) is 50.8 Å². The maximum absolute atomic E-state index is 13.9. The smallest absolute Gasteiger partial charge is 0.362 e. The second-order valence-electron chi connectivity index (χ2n) is 14.8. The summed E-state index contributed by atoms with van der Waals surface area (Å²) in [6.45, 7) is 3.68. The molecule has 2 saturated heterocycles. The Morgan fingerprint density at radius 2 is 1.40 bits per heavy atom. The van der Waals surface area contributed by atoms with E-state index in [-0.39, 0.29) is 48.1 Å². The summed E-state index contributed by atoms with van der Waals surface area (Å²) in [6.07, 6.45) is 10.0. The number of nitrogens with zero attached hydrogens (tertiary/aromatic N) is 7. The van der Waals surface area contributed by atoms with Gasteiger partial charge in [0.15, 0.2) is 22.9 Å². The van der Waals surface area contributed by atoms with Gasteiger partial charge < -0.3 is 28.4 Å².